The molecule has 0 fully saturated rings. The first kappa shape index (κ1) is 19.2. The maximum absolute atomic E-state index is 12.2. The molecule has 0 spiro atoms. The van der Waals surface area contributed by atoms with Gasteiger partial charge < -0.3 is 10.6 Å². The summed E-state index contributed by atoms with van der Waals surface area (Å²) in [6.45, 7) is 3.90. The van der Waals surface area contributed by atoms with Gasteiger partial charge in [0.25, 0.3) is 5.91 Å². The molecule has 1 amide bonds. The van der Waals surface area contributed by atoms with Crippen LogP contribution in [0.25, 0.3) is 0 Å². The number of hydrogen-bond donors (Lipinski definition) is 3. The van der Waals surface area contributed by atoms with Crippen molar-refractivity contribution in [3.05, 3.63) is 65.4 Å². The number of benzene rings is 2. The lowest BCUT2D eigenvalue weighted by molar-refractivity contribution is -0.112. The number of primary sulfonamides is 1. The molecule has 0 unspecified atom stereocenters. The largest absolute Gasteiger partial charge is 0.360 e. The lowest BCUT2D eigenvalue weighted by Crippen LogP contribution is -2.15. The summed E-state index contributed by atoms with van der Waals surface area (Å²) in [5.41, 5.74) is 3.09. The molecule has 2 aromatic carbocycles. The van der Waals surface area contributed by atoms with Crippen molar-refractivity contribution in [1.82, 2.24) is 0 Å². The van der Waals surface area contributed by atoms with Crippen molar-refractivity contribution < 1.29 is 13.2 Å². The number of anilines is 2. The van der Waals surface area contributed by atoms with Gasteiger partial charge >= 0.3 is 0 Å². The van der Waals surface area contributed by atoms with Gasteiger partial charge in [0.2, 0.25) is 10.0 Å². The van der Waals surface area contributed by atoms with E-state index in [4.69, 9.17) is 5.14 Å². The van der Waals surface area contributed by atoms with E-state index >= 15 is 0 Å². The predicted molar refractivity (Wildman–Crippen MR) is 99.7 cm³/mol. The monoisotopic (exact) mass is 370 g/mol. The average Bonchev–Trinajstić information content (AvgIpc) is 2.54. The van der Waals surface area contributed by atoms with E-state index in [-0.39, 0.29) is 10.5 Å². The van der Waals surface area contributed by atoms with Crippen LogP contribution in [0, 0.1) is 25.2 Å². The van der Waals surface area contributed by atoms with Gasteiger partial charge in [-0.3, -0.25) is 4.79 Å². The van der Waals surface area contributed by atoms with Gasteiger partial charge in [-0.15, -0.1) is 0 Å². The second-order valence-corrected chi connectivity index (χ2v) is 7.28. The molecule has 2 rings (SSSR count). The molecule has 0 saturated heterocycles. The van der Waals surface area contributed by atoms with Gasteiger partial charge in [-0.2, -0.15) is 5.26 Å². The van der Waals surface area contributed by atoms with E-state index in [2.05, 4.69) is 10.6 Å². The van der Waals surface area contributed by atoms with E-state index in [1.54, 1.807) is 0 Å². The lowest BCUT2D eigenvalue weighted by Gasteiger charge is -2.07. The second-order valence-electron chi connectivity index (χ2n) is 5.71. The number of carbonyl (C=O) groups is 1. The molecule has 7 nitrogen and oxygen atoms in total. The van der Waals surface area contributed by atoms with E-state index in [0.717, 1.165) is 16.8 Å². The van der Waals surface area contributed by atoms with E-state index in [1.807, 2.05) is 38.1 Å². The van der Waals surface area contributed by atoms with Crippen molar-refractivity contribution in [3.63, 3.8) is 0 Å². The molecule has 134 valence electrons. The second kappa shape index (κ2) is 7.82. The third-order valence-corrected chi connectivity index (χ3v) is 4.34. The normalized spacial score (nSPS) is 11.5. The molecule has 0 aromatic heterocycles. The van der Waals surface area contributed by atoms with Crippen LogP contribution in [0.3, 0.4) is 0 Å². The number of nitrogens with zero attached hydrogens (tertiary/aromatic N) is 1. The number of nitrogens with two attached hydrogens (primary N) is 1. The van der Waals surface area contributed by atoms with Crippen LogP contribution in [0.15, 0.2) is 59.1 Å². The zero-order valence-corrected chi connectivity index (χ0v) is 15.1. The fourth-order valence-corrected chi connectivity index (χ4v) is 2.80. The minimum atomic E-state index is -3.80. The van der Waals surface area contributed by atoms with Gasteiger partial charge in [0.1, 0.15) is 11.6 Å². The standard InChI is InChI=1S/C18H18N4O3S/c1-12-7-13(2)9-16(8-12)21-11-14(10-19)18(23)22-15-3-5-17(6-4-15)26(20,24)25/h3-9,11,21H,1-2H3,(H,22,23)(H2,20,24,25)/b14-11-. The SMILES string of the molecule is Cc1cc(C)cc(N/C=C(/C#N)C(=O)Nc2ccc(S(N)(=O)=O)cc2)c1. The quantitative estimate of drug-likeness (QED) is 0.550. The molecule has 0 radical (unpaired) electrons. The highest BCUT2D eigenvalue weighted by atomic mass is 32.2. The molecule has 0 aliphatic rings. The molecule has 26 heavy (non-hydrogen) atoms. The Balaban J connectivity index is 2.12. The first-order valence-corrected chi connectivity index (χ1v) is 9.13. The Hall–Kier alpha value is -3.15. The zero-order chi connectivity index (χ0) is 19.3. The van der Waals surface area contributed by atoms with Crippen LogP contribution in [0.4, 0.5) is 11.4 Å². The summed E-state index contributed by atoms with van der Waals surface area (Å²) in [7, 11) is -3.80. The fraction of sp³-hybridized carbons (Fsp3) is 0.111. The first-order valence-electron chi connectivity index (χ1n) is 7.58. The van der Waals surface area contributed by atoms with Crippen LogP contribution in [-0.2, 0) is 14.8 Å². The number of sulfonamides is 1. The summed E-state index contributed by atoms with van der Waals surface area (Å²) < 4.78 is 22.4. The van der Waals surface area contributed by atoms with Gasteiger partial charge in [0, 0.05) is 17.6 Å². The van der Waals surface area contributed by atoms with Crippen molar-refractivity contribution in [2.24, 2.45) is 5.14 Å². The molecule has 0 aliphatic heterocycles. The van der Waals surface area contributed by atoms with Crippen LogP contribution in [0.2, 0.25) is 0 Å². The Morgan fingerprint density at radius 3 is 2.15 bits per heavy atom. The Morgan fingerprint density at radius 1 is 1.08 bits per heavy atom. The molecule has 2 aromatic rings. The Kier molecular flexibility index (Phi) is 5.77. The summed E-state index contributed by atoms with van der Waals surface area (Å²) in [4.78, 5) is 12.1. The first-order chi connectivity index (χ1) is 12.2. The van der Waals surface area contributed by atoms with Crippen LogP contribution in [0.1, 0.15) is 11.1 Å². The molecule has 4 N–H and O–H groups in total. The number of carbonyl (C=O) groups excluding carboxylic acids is 1. The van der Waals surface area contributed by atoms with Gasteiger partial charge in [-0.1, -0.05) is 6.07 Å². The van der Waals surface area contributed by atoms with Crippen molar-refractivity contribution in [1.29, 1.82) is 5.26 Å². The minimum absolute atomic E-state index is 0.0666. The van der Waals surface area contributed by atoms with Crippen LogP contribution >= 0.6 is 0 Å². The van der Waals surface area contributed by atoms with Crippen molar-refractivity contribution in [2.75, 3.05) is 10.6 Å². The summed E-state index contributed by atoms with van der Waals surface area (Å²) in [5.74, 6) is -0.618. The molecule has 0 heterocycles. The highest BCUT2D eigenvalue weighted by molar-refractivity contribution is 7.89. The molecule has 0 bridgehead atoms. The van der Waals surface area contributed by atoms with E-state index in [1.165, 1.54) is 30.5 Å². The third kappa shape index (κ3) is 5.17. The Labute approximate surface area is 152 Å². The van der Waals surface area contributed by atoms with Crippen molar-refractivity contribution in [2.45, 2.75) is 18.7 Å². The van der Waals surface area contributed by atoms with E-state index in [0.29, 0.717) is 5.69 Å². The van der Waals surface area contributed by atoms with E-state index < -0.39 is 15.9 Å². The average molecular weight is 370 g/mol. The predicted octanol–water partition coefficient (Wildman–Crippen LogP) is 2.41. The fourth-order valence-electron chi connectivity index (χ4n) is 2.29. The number of aryl methyl sites for hydroxylation is 2. The van der Waals surface area contributed by atoms with Gasteiger partial charge in [0.15, 0.2) is 0 Å². The number of nitriles is 1. The molecule has 0 aliphatic carbocycles. The van der Waals surface area contributed by atoms with Gasteiger partial charge in [0.05, 0.1) is 4.90 Å². The lowest BCUT2D eigenvalue weighted by atomic mass is 10.1. The topological polar surface area (TPSA) is 125 Å². The molecular weight excluding hydrogens is 352 g/mol. The zero-order valence-electron chi connectivity index (χ0n) is 14.3. The summed E-state index contributed by atoms with van der Waals surface area (Å²) in [5, 5.41) is 19.7. The molecule has 0 saturated carbocycles. The van der Waals surface area contributed by atoms with Gasteiger partial charge in [-0.25, -0.2) is 13.6 Å². The van der Waals surface area contributed by atoms with E-state index in [9.17, 15) is 18.5 Å². The smallest absolute Gasteiger partial charge is 0.267 e. The number of hydrogen-bond acceptors (Lipinski definition) is 5. The summed E-state index contributed by atoms with van der Waals surface area (Å²) in [6, 6.07) is 13.0. The highest BCUT2D eigenvalue weighted by Gasteiger charge is 2.11. The Morgan fingerprint density at radius 2 is 1.65 bits per heavy atom. The highest BCUT2D eigenvalue weighted by Crippen LogP contribution is 2.15. The van der Waals surface area contributed by atoms with Crippen molar-refractivity contribution >= 4 is 27.3 Å². The van der Waals surface area contributed by atoms with Crippen molar-refractivity contribution in [3.8, 4) is 6.07 Å². The van der Waals surface area contributed by atoms with Crippen LogP contribution in [-0.4, -0.2) is 14.3 Å². The summed E-state index contributed by atoms with van der Waals surface area (Å²) >= 11 is 0. The van der Waals surface area contributed by atoms with Crippen LogP contribution < -0.4 is 15.8 Å². The van der Waals surface area contributed by atoms with Gasteiger partial charge in [-0.05, 0) is 61.4 Å². The Bertz CT molecular complexity index is 983. The molecule has 8 heteroatoms. The maximum Gasteiger partial charge on any atom is 0.267 e. The molecular formula is C18H18N4O3S. The summed E-state index contributed by atoms with van der Waals surface area (Å²) in [6.07, 6.45) is 1.32. The molecule has 0 atom stereocenters. The number of rotatable bonds is 5. The van der Waals surface area contributed by atoms with Crippen LogP contribution in [0.5, 0.6) is 0 Å². The maximum atomic E-state index is 12.2. The minimum Gasteiger partial charge on any atom is -0.360 e. The number of amides is 1. The third-order valence-electron chi connectivity index (χ3n) is 3.41. The number of nitrogens with one attached hydrogen (secondary N) is 2.